The minimum atomic E-state index is -0.707. The molecule has 1 atom stereocenters. The number of methoxy groups -OCH3 is 1. The zero-order valence-electron chi connectivity index (χ0n) is 9.30. The van der Waals surface area contributed by atoms with E-state index < -0.39 is 6.10 Å². The topological polar surface area (TPSA) is 42.4 Å². The van der Waals surface area contributed by atoms with Crippen molar-refractivity contribution in [1.29, 1.82) is 0 Å². The van der Waals surface area contributed by atoms with Gasteiger partial charge in [-0.25, -0.2) is 4.98 Å². The summed E-state index contributed by atoms with van der Waals surface area (Å²) in [5, 5.41) is 10.5. The van der Waals surface area contributed by atoms with Crippen LogP contribution in [-0.4, -0.2) is 17.2 Å². The number of rotatable bonds is 3. The average Bonchev–Trinajstić information content (AvgIpc) is 2.38. The molecule has 0 bridgehead atoms. The molecule has 0 radical (unpaired) electrons. The molecule has 0 saturated carbocycles. The van der Waals surface area contributed by atoms with Crippen molar-refractivity contribution in [3.8, 4) is 5.75 Å². The van der Waals surface area contributed by atoms with Gasteiger partial charge in [-0.15, -0.1) is 0 Å². The van der Waals surface area contributed by atoms with Crippen LogP contribution in [0.2, 0.25) is 5.15 Å². The number of nitrogens with zero attached hydrogens (tertiary/aromatic N) is 1. The van der Waals surface area contributed by atoms with Crippen LogP contribution in [0.3, 0.4) is 0 Å². The summed E-state index contributed by atoms with van der Waals surface area (Å²) in [6, 6.07) is 10.6. The van der Waals surface area contributed by atoms with Crippen LogP contribution in [0.25, 0.3) is 0 Å². The number of pyridine rings is 1. The molecule has 4 heteroatoms. The highest BCUT2D eigenvalue weighted by Crippen LogP contribution is 2.24. The summed E-state index contributed by atoms with van der Waals surface area (Å²) in [5.74, 6) is 0.758. The molecule has 0 fully saturated rings. The maximum atomic E-state index is 10.2. The minimum absolute atomic E-state index is 0.370. The van der Waals surface area contributed by atoms with E-state index >= 15 is 0 Å². The smallest absolute Gasteiger partial charge is 0.129 e. The van der Waals surface area contributed by atoms with Crippen molar-refractivity contribution in [2.24, 2.45) is 0 Å². The molecule has 2 rings (SSSR count). The van der Waals surface area contributed by atoms with E-state index in [0.29, 0.717) is 5.15 Å². The molecule has 2 aromatic rings. The highest BCUT2D eigenvalue weighted by atomic mass is 35.5. The van der Waals surface area contributed by atoms with Gasteiger partial charge < -0.3 is 9.84 Å². The van der Waals surface area contributed by atoms with Crippen LogP contribution in [0, 0.1) is 0 Å². The number of ether oxygens (including phenoxy) is 1. The molecule has 88 valence electrons. The molecular formula is C13H12ClNO2. The van der Waals surface area contributed by atoms with E-state index in [9.17, 15) is 5.11 Å². The van der Waals surface area contributed by atoms with Gasteiger partial charge in [-0.3, -0.25) is 0 Å². The summed E-state index contributed by atoms with van der Waals surface area (Å²) in [6.45, 7) is 0. The fraction of sp³-hybridized carbons (Fsp3) is 0.154. The van der Waals surface area contributed by atoms with E-state index in [-0.39, 0.29) is 0 Å². The predicted octanol–water partition coefficient (Wildman–Crippen LogP) is 2.83. The Morgan fingerprint density at radius 1 is 1.18 bits per heavy atom. The summed E-state index contributed by atoms with van der Waals surface area (Å²) >= 11 is 5.78. The molecule has 17 heavy (non-hydrogen) atoms. The van der Waals surface area contributed by atoms with Crippen LogP contribution >= 0.6 is 11.6 Å². The Balaban J connectivity index is 2.27. The van der Waals surface area contributed by atoms with E-state index in [1.54, 1.807) is 37.6 Å². The van der Waals surface area contributed by atoms with Gasteiger partial charge in [0.1, 0.15) is 17.0 Å². The highest BCUT2D eigenvalue weighted by molar-refractivity contribution is 6.29. The first-order valence-electron chi connectivity index (χ1n) is 5.14. The summed E-state index contributed by atoms with van der Waals surface area (Å²) in [6.07, 6.45) is 0.867. The first kappa shape index (κ1) is 11.9. The quantitative estimate of drug-likeness (QED) is 0.851. The van der Waals surface area contributed by atoms with Gasteiger partial charge >= 0.3 is 0 Å². The Morgan fingerprint density at radius 3 is 2.47 bits per heavy atom. The van der Waals surface area contributed by atoms with E-state index in [0.717, 1.165) is 16.9 Å². The monoisotopic (exact) mass is 249 g/mol. The molecule has 1 heterocycles. The molecule has 1 aromatic carbocycles. The molecule has 0 spiro atoms. The summed E-state index contributed by atoms with van der Waals surface area (Å²) in [4.78, 5) is 3.88. The van der Waals surface area contributed by atoms with Crippen molar-refractivity contribution in [2.75, 3.05) is 7.11 Å². The lowest BCUT2D eigenvalue weighted by atomic mass is 10.0. The number of halogens is 1. The largest absolute Gasteiger partial charge is 0.497 e. The second kappa shape index (κ2) is 5.17. The molecular weight excluding hydrogens is 238 g/mol. The Morgan fingerprint density at radius 2 is 1.88 bits per heavy atom. The number of hydrogen-bond acceptors (Lipinski definition) is 3. The first-order chi connectivity index (χ1) is 8.20. The molecule has 1 unspecified atom stereocenters. The van der Waals surface area contributed by atoms with Gasteiger partial charge in [0.05, 0.1) is 7.11 Å². The number of aromatic nitrogens is 1. The molecule has 0 aliphatic rings. The standard InChI is InChI=1S/C13H12ClNO2/c1-17-11-4-2-9(3-5-11)13(16)10-6-7-15-12(14)8-10/h2-8,13,16H,1H3. The normalized spacial score (nSPS) is 12.2. The van der Waals surface area contributed by atoms with Crippen LogP contribution < -0.4 is 4.74 Å². The number of aliphatic hydroxyl groups excluding tert-OH is 1. The third-order valence-corrected chi connectivity index (χ3v) is 2.70. The van der Waals surface area contributed by atoms with Crippen LogP contribution in [0.1, 0.15) is 17.2 Å². The molecule has 0 aliphatic carbocycles. The summed E-state index contributed by atoms with van der Waals surface area (Å²) < 4.78 is 5.06. The zero-order valence-corrected chi connectivity index (χ0v) is 10.1. The predicted molar refractivity (Wildman–Crippen MR) is 66.3 cm³/mol. The zero-order chi connectivity index (χ0) is 12.3. The van der Waals surface area contributed by atoms with Crippen LogP contribution in [0.5, 0.6) is 5.75 Å². The van der Waals surface area contributed by atoms with Gasteiger partial charge in [0.25, 0.3) is 0 Å². The maximum Gasteiger partial charge on any atom is 0.129 e. The highest BCUT2D eigenvalue weighted by Gasteiger charge is 2.10. The van der Waals surface area contributed by atoms with E-state index in [1.165, 1.54) is 0 Å². The van der Waals surface area contributed by atoms with Gasteiger partial charge in [0, 0.05) is 6.20 Å². The van der Waals surface area contributed by atoms with Crippen molar-refractivity contribution < 1.29 is 9.84 Å². The van der Waals surface area contributed by atoms with Gasteiger partial charge in [-0.05, 0) is 35.4 Å². The molecule has 3 nitrogen and oxygen atoms in total. The second-order valence-corrected chi connectivity index (χ2v) is 3.97. The summed E-state index contributed by atoms with van der Waals surface area (Å²) in [5.41, 5.74) is 1.50. The number of benzene rings is 1. The number of aliphatic hydroxyl groups is 1. The fourth-order valence-corrected chi connectivity index (χ4v) is 1.75. The van der Waals surface area contributed by atoms with Crippen molar-refractivity contribution in [3.05, 3.63) is 58.9 Å². The van der Waals surface area contributed by atoms with E-state index in [4.69, 9.17) is 16.3 Å². The Hall–Kier alpha value is -1.58. The summed E-state index contributed by atoms with van der Waals surface area (Å²) in [7, 11) is 1.61. The molecule has 1 aromatic heterocycles. The third-order valence-electron chi connectivity index (χ3n) is 2.50. The first-order valence-corrected chi connectivity index (χ1v) is 5.52. The Bertz CT molecular complexity index is 499. The second-order valence-electron chi connectivity index (χ2n) is 3.59. The van der Waals surface area contributed by atoms with Crippen molar-refractivity contribution in [2.45, 2.75) is 6.10 Å². The van der Waals surface area contributed by atoms with Crippen molar-refractivity contribution >= 4 is 11.6 Å². The van der Waals surface area contributed by atoms with Gasteiger partial charge in [0.2, 0.25) is 0 Å². The molecule has 0 saturated heterocycles. The molecule has 0 aliphatic heterocycles. The Labute approximate surface area is 105 Å². The maximum absolute atomic E-state index is 10.2. The Kier molecular flexibility index (Phi) is 3.61. The average molecular weight is 250 g/mol. The van der Waals surface area contributed by atoms with Gasteiger partial charge in [0.15, 0.2) is 0 Å². The van der Waals surface area contributed by atoms with Gasteiger partial charge in [-0.1, -0.05) is 23.7 Å². The van der Waals surface area contributed by atoms with Gasteiger partial charge in [-0.2, -0.15) is 0 Å². The lowest BCUT2D eigenvalue weighted by molar-refractivity contribution is 0.220. The van der Waals surface area contributed by atoms with Crippen LogP contribution in [0.4, 0.5) is 0 Å². The van der Waals surface area contributed by atoms with Crippen molar-refractivity contribution in [3.63, 3.8) is 0 Å². The fourth-order valence-electron chi connectivity index (χ4n) is 1.57. The van der Waals surface area contributed by atoms with Crippen molar-refractivity contribution in [1.82, 2.24) is 4.98 Å². The van der Waals surface area contributed by atoms with Crippen LogP contribution in [0.15, 0.2) is 42.6 Å². The van der Waals surface area contributed by atoms with Crippen LogP contribution in [-0.2, 0) is 0 Å². The third kappa shape index (κ3) is 2.75. The van der Waals surface area contributed by atoms with E-state index in [2.05, 4.69) is 4.98 Å². The molecule has 0 amide bonds. The lowest BCUT2D eigenvalue weighted by Gasteiger charge is -2.11. The minimum Gasteiger partial charge on any atom is -0.497 e. The lowest BCUT2D eigenvalue weighted by Crippen LogP contribution is -1.99. The molecule has 1 N–H and O–H groups in total. The SMILES string of the molecule is COc1ccc(C(O)c2ccnc(Cl)c2)cc1. The number of hydrogen-bond donors (Lipinski definition) is 1. The van der Waals surface area contributed by atoms with E-state index in [1.807, 2.05) is 12.1 Å².